The van der Waals surface area contributed by atoms with Crippen LogP contribution in [0, 0.1) is 29.9 Å². The number of hydrogen-bond donors (Lipinski definition) is 1. The molecule has 2 N–H and O–H groups in total. The molecule has 1 heterocycles. The molecule has 0 aliphatic carbocycles. The van der Waals surface area contributed by atoms with Crippen molar-refractivity contribution in [1.82, 2.24) is 4.31 Å². The molecule has 0 bridgehead atoms. The molecular formula is C15H24ClN3O4S. The molecule has 0 amide bonds. The molecule has 0 aromatic heterocycles. The lowest BCUT2D eigenvalue weighted by atomic mass is 9.96. The monoisotopic (exact) mass is 377 g/mol. The summed E-state index contributed by atoms with van der Waals surface area (Å²) in [5.41, 5.74) is 6.65. The van der Waals surface area contributed by atoms with Crippen LogP contribution in [0.4, 0.5) is 5.69 Å². The highest BCUT2D eigenvalue weighted by Gasteiger charge is 2.35. The molecule has 1 fully saturated rings. The summed E-state index contributed by atoms with van der Waals surface area (Å²) >= 11 is 0. The average Bonchev–Trinajstić information content (AvgIpc) is 2.50. The first-order valence-electron chi connectivity index (χ1n) is 7.73. The van der Waals surface area contributed by atoms with E-state index in [0.29, 0.717) is 25.2 Å². The Balaban J connectivity index is 0.00000288. The Morgan fingerprint density at radius 2 is 1.96 bits per heavy atom. The fourth-order valence-electron chi connectivity index (χ4n) is 2.98. The molecule has 0 spiro atoms. The van der Waals surface area contributed by atoms with Crippen LogP contribution in [0.25, 0.3) is 0 Å². The number of nitrogens with two attached hydrogens (primary N) is 1. The smallest absolute Gasteiger partial charge is 0.289 e. The predicted molar refractivity (Wildman–Crippen MR) is 95.0 cm³/mol. The van der Waals surface area contributed by atoms with E-state index in [-0.39, 0.29) is 28.9 Å². The number of benzene rings is 1. The van der Waals surface area contributed by atoms with Crippen LogP contribution in [0.5, 0.6) is 0 Å². The van der Waals surface area contributed by atoms with Gasteiger partial charge >= 0.3 is 0 Å². The molecular weight excluding hydrogens is 354 g/mol. The number of nitrogens with zero attached hydrogens (tertiary/aromatic N) is 2. The number of rotatable bonds is 5. The van der Waals surface area contributed by atoms with Gasteiger partial charge in [0.15, 0.2) is 4.90 Å². The van der Waals surface area contributed by atoms with Crippen LogP contribution in [0.15, 0.2) is 17.0 Å². The van der Waals surface area contributed by atoms with Crippen LogP contribution >= 0.6 is 12.4 Å². The third-order valence-corrected chi connectivity index (χ3v) is 6.34. The topological polar surface area (TPSA) is 107 Å². The van der Waals surface area contributed by atoms with Gasteiger partial charge in [0.1, 0.15) is 0 Å². The van der Waals surface area contributed by atoms with Crippen LogP contribution in [-0.4, -0.2) is 37.3 Å². The van der Waals surface area contributed by atoms with E-state index in [2.05, 4.69) is 0 Å². The lowest BCUT2D eigenvalue weighted by Gasteiger charge is -2.31. The van der Waals surface area contributed by atoms with Gasteiger partial charge in [0, 0.05) is 19.2 Å². The van der Waals surface area contributed by atoms with Gasteiger partial charge in [-0.05, 0) is 62.8 Å². The molecule has 1 atom stereocenters. The summed E-state index contributed by atoms with van der Waals surface area (Å²) in [5.74, 6) is 0.217. The summed E-state index contributed by atoms with van der Waals surface area (Å²) in [5, 5.41) is 11.3. The third kappa shape index (κ3) is 4.24. The van der Waals surface area contributed by atoms with Crippen molar-refractivity contribution in [2.24, 2.45) is 11.7 Å². The summed E-state index contributed by atoms with van der Waals surface area (Å²) in [6.45, 7) is 4.78. The third-order valence-electron chi connectivity index (χ3n) is 4.45. The maximum Gasteiger partial charge on any atom is 0.289 e. The van der Waals surface area contributed by atoms with Crippen LogP contribution in [0.3, 0.4) is 0 Å². The number of sulfonamides is 1. The fraction of sp³-hybridized carbons (Fsp3) is 0.600. The molecule has 136 valence electrons. The molecule has 1 aromatic rings. The Hall–Kier alpha value is -1.22. The normalized spacial score (nSPS) is 18.9. The van der Waals surface area contributed by atoms with Crippen molar-refractivity contribution < 1.29 is 13.3 Å². The lowest BCUT2D eigenvalue weighted by molar-refractivity contribution is -0.387. The summed E-state index contributed by atoms with van der Waals surface area (Å²) < 4.78 is 27.2. The SMILES string of the molecule is Cc1cc([N+](=O)[O-])c(S(=O)(=O)N2CCCC(CCN)C2)cc1C.Cl. The van der Waals surface area contributed by atoms with E-state index in [4.69, 9.17) is 5.73 Å². The highest BCUT2D eigenvalue weighted by Crippen LogP contribution is 2.32. The van der Waals surface area contributed by atoms with Gasteiger partial charge in [-0.2, -0.15) is 4.31 Å². The van der Waals surface area contributed by atoms with Crippen molar-refractivity contribution >= 4 is 28.1 Å². The van der Waals surface area contributed by atoms with Gasteiger partial charge in [-0.3, -0.25) is 10.1 Å². The maximum atomic E-state index is 12.9. The van der Waals surface area contributed by atoms with E-state index in [0.717, 1.165) is 24.8 Å². The van der Waals surface area contributed by atoms with Crippen LogP contribution in [-0.2, 0) is 10.0 Å². The first kappa shape index (κ1) is 20.8. The number of nitro benzene ring substituents is 1. The van der Waals surface area contributed by atoms with E-state index in [1.165, 1.54) is 16.4 Å². The summed E-state index contributed by atoms with van der Waals surface area (Å²) in [6.07, 6.45) is 2.46. The van der Waals surface area contributed by atoms with Crippen LogP contribution in [0.1, 0.15) is 30.4 Å². The van der Waals surface area contributed by atoms with Gasteiger partial charge in [0.25, 0.3) is 5.69 Å². The molecule has 7 nitrogen and oxygen atoms in total. The standard InChI is InChI=1S/C15H23N3O4S.ClH/c1-11-8-14(18(19)20)15(9-12(11)2)23(21,22)17-7-3-4-13(10-17)5-6-16;/h8-9,13H,3-7,10,16H2,1-2H3;1H. The number of nitro groups is 1. The average molecular weight is 378 g/mol. The predicted octanol–water partition coefficient (Wildman–Crippen LogP) is 2.38. The van der Waals surface area contributed by atoms with Gasteiger partial charge in [-0.25, -0.2) is 8.42 Å². The van der Waals surface area contributed by atoms with E-state index in [9.17, 15) is 18.5 Å². The van der Waals surface area contributed by atoms with Gasteiger partial charge in [-0.15, -0.1) is 12.4 Å². The Morgan fingerprint density at radius 1 is 1.33 bits per heavy atom. The lowest BCUT2D eigenvalue weighted by Crippen LogP contribution is -2.40. The number of hydrogen-bond acceptors (Lipinski definition) is 5. The van der Waals surface area contributed by atoms with Crippen LogP contribution in [0.2, 0.25) is 0 Å². The molecule has 9 heteroatoms. The Labute approximate surface area is 148 Å². The number of halogens is 1. The van der Waals surface area contributed by atoms with Gasteiger partial charge in [0.05, 0.1) is 4.92 Å². The molecule has 0 radical (unpaired) electrons. The molecule has 1 unspecified atom stereocenters. The van der Waals surface area contributed by atoms with Crippen molar-refractivity contribution in [2.45, 2.75) is 38.0 Å². The Morgan fingerprint density at radius 3 is 2.54 bits per heavy atom. The quantitative estimate of drug-likeness (QED) is 0.626. The van der Waals surface area contributed by atoms with E-state index in [1.54, 1.807) is 13.8 Å². The van der Waals surface area contributed by atoms with Crippen molar-refractivity contribution in [3.8, 4) is 0 Å². The molecule has 1 aliphatic heterocycles. The molecule has 1 aromatic carbocycles. The minimum absolute atomic E-state index is 0. The minimum atomic E-state index is -3.88. The second kappa shape index (κ2) is 8.24. The Bertz CT molecular complexity index is 707. The number of aryl methyl sites for hydroxylation is 2. The first-order valence-corrected chi connectivity index (χ1v) is 9.17. The molecule has 24 heavy (non-hydrogen) atoms. The zero-order valence-corrected chi connectivity index (χ0v) is 15.5. The van der Waals surface area contributed by atoms with Crippen molar-refractivity contribution in [2.75, 3.05) is 19.6 Å². The highest BCUT2D eigenvalue weighted by atomic mass is 35.5. The van der Waals surface area contributed by atoms with Gasteiger partial charge in [-0.1, -0.05) is 0 Å². The van der Waals surface area contributed by atoms with E-state index < -0.39 is 14.9 Å². The zero-order valence-electron chi connectivity index (χ0n) is 13.9. The fourth-order valence-corrected chi connectivity index (χ4v) is 4.76. The second-order valence-corrected chi connectivity index (χ2v) is 8.02. The zero-order chi connectivity index (χ0) is 17.2. The van der Waals surface area contributed by atoms with Crippen molar-refractivity contribution in [3.63, 3.8) is 0 Å². The largest absolute Gasteiger partial charge is 0.330 e. The molecule has 0 saturated carbocycles. The van der Waals surface area contributed by atoms with Crippen molar-refractivity contribution in [3.05, 3.63) is 33.4 Å². The van der Waals surface area contributed by atoms with Crippen LogP contribution < -0.4 is 5.73 Å². The maximum absolute atomic E-state index is 12.9. The number of piperidine rings is 1. The van der Waals surface area contributed by atoms with Gasteiger partial charge < -0.3 is 5.73 Å². The van der Waals surface area contributed by atoms with Crippen molar-refractivity contribution in [1.29, 1.82) is 0 Å². The second-order valence-electron chi connectivity index (χ2n) is 6.11. The van der Waals surface area contributed by atoms with Gasteiger partial charge in [0.2, 0.25) is 10.0 Å². The molecule has 1 saturated heterocycles. The highest BCUT2D eigenvalue weighted by molar-refractivity contribution is 7.89. The molecule has 2 rings (SSSR count). The first-order chi connectivity index (χ1) is 10.8. The molecule has 1 aliphatic rings. The van der Waals surface area contributed by atoms with E-state index >= 15 is 0 Å². The summed E-state index contributed by atoms with van der Waals surface area (Å²) in [6, 6.07) is 2.75. The summed E-state index contributed by atoms with van der Waals surface area (Å²) in [7, 11) is -3.88. The Kier molecular flexibility index (Phi) is 7.15. The summed E-state index contributed by atoms with van der Waals surface area (Å²) in [4.78, 5) is 10.5. The van der Waals surface area contributed by atoms with E-state index in [1.807, 2.05) is 0 Å². The minimum Gasteiger partial charge on any atom is -0.330 e.